The second-order valence-electron chi connectivity index (χ2n) is 6.17. The molecule has 0 aromatic carbocycles. The highest BCUT2D eigenvalue weighted by atomic mass is 16.5. The van der Waals surface area contributed by atoms with Gasteiger partial charge in [-0.2, -0.15) is 0 Å². The molecule has 0 unspecified atom stereocenters. The van der Waals surface area contributed by atoms with Crippen LogP contribution in [0.25, 0.3) is 22.1 Å². The molecule has 1 fully saturated rings. The Hall–Kier alpha value is -2.29. The van der Waals surface area contributed by atoms with E-state index in [1.165, 1.54) is 0 Å². The van der Waals surface area contributed by atoms with Crippen LogP contribution in [0, 0.1) is 0 Å². The van der Waals surface area contributed by atoms with Gasteiger partial charge in [-0.05, 0) is 12.1 Å². The number of hydrogen-bond acceptors (Lipinski definition) is 7. The summed E-state index contributed by atoms with van der Waals surface area (Å²) < 4.78 is 7.15. The zero-order valence-corrected chi connectivity index (χ0v) is 13.1. The van der Waals surface area contributed by atoms with Crippen molar-refractivity contribution in [3.63, 3.8) is 0 Å². The monoisotopic (exact) mass is 329 g/mol. The van der Waals surface area contributed by atoms with Crippen LogP contribution in [0.3, 0.4) is 0 Å². The number of anilines is 1. The van der Waals surface area contributed by atoms with E-state index in [2.05, 4.69) is 15.0 Å². The van der Waals surface area contributed by atoms with Crippen LogP contribution >= 0.6 is 0 Å². The van der Waals surface area contributed by atoms with E-state index in [-0.39, 0.29) is 12.4 Å². The van der Waals surface area contributed by atoms with Crippen LogP contribution < -0.4 is 5.73 Å². The molecule has 0 saturated carbocycles. The van der Waals surface area contributed by atoms with Crippen LogP contribution in [0.2, 0.25) is 0 Å². The Labute approximate surface area is 137 Å². The number of hydrogen-bond donors (Lipinski definition) is 3. The van der Waals surface area contributed by atoms with Gasteiger partial charge in [0.2, 0.25) is 0 Å². The first-order valence-corrected chi connectivity index (χ1v) is 7.92. The van der Waals surface area contributed by atoms with Crippen LogP contribution in [0.1, 0.15) is 18.7 Å². The number of ether oxygens (including phenoxy) is 1. The van der Waals surface area contributed by atoms with E-state index < -0.39 is 5.60 Å². The lowest BCUT2D eigenvalue weighted by atomic mass is 9.94. The van der Waals surface area contributed by atoms with E-state index >= 15 is 0 Å². The van der Waals surface area contributed by atoms with Crippen molar-refractivity contribution in [3.05, 3.63) is 24.2 Å². The largest absolute Gasteiger partial charge is 0.388 e. The molecule has 0 spiro atoms. The van der Waals surface area contributed by atoms with Crippen molar-refractivity contribution in [3.8, 4) is 0 Å². The topological polar surface area (TPSA) is 119 Å². The van der Waals surface area contributed by atoms with E-state index in [0.717, 1.165) is 0 Å². The molecule has 4 N–H and O–H groups in total. The summed E-state index contributed by atoms with van der Waals surface area (Å²) in [6.07, 6.45) is 2.74. The molecule has 8 nitrogen and oxygen atoms in total. The summed E-state index contributed by atoms with van der Waals surface area (Å²) in [4.78, 5) is 13.2. The van der Waals surface area contributed by atoms with E-state index in [9.17, 15) is 10.2 Å². The smallest absolute Gasteiger partial charge is 0.152 e. The zero-order chi connectivity index (χ0) is 16.7. The summed E-state index contributed by atoms with van der Waals surface area (Å²) >= 11 is 0. The number of imidazole rings is 1. The summed E-state index contributed by atoms with van der Waals surface area (Å²) in [5.41, 5.74) is 7.65. The fraction of sp³-hybridized carbons (Fsp3) is 0.438. The summed E-state index contributed by atoms with van der Waals surface area (Å²) in [5, 5.41) is 20.6. The van der Waals surface area contributed by atoms with Gasteiger partial charge < -0.3 is 25.3 Å². The van der Waals surface area contributed by atoms with Gasteiger partial charge in [0.25, 0.3) is 0 Å². The molecule has 0 radical (unpaired) electrons. The van der Waals surface area contributed by atoms with Crippen LogP contribution in [-0.2, 0) is 17.9 Å². The third-order valence-electron chi connectivity index (χ3n) is 4.56. The first kappa shape index (κ1) is 15.3. The minimum atomic E-state index is -0.908. The van der Waals surface area contributed by atoms with E-state index in [1.54, 1.807) is 12.3 Å². The molecule has 0 bridgehead atoms. The Kier molecular flexibility index (Phi) is 3.60. The highest BCUT2D eigenvalue weighted by Crippen LogP contribution is 2.31. The standard InChI is InChI=1S/C16H19N5O3/c17-15-13-14(12-10(19-15)2-1-5-18-12)21(11(8-22)20-13)9-16(23)3-6-24-7-4-16/h1-2,5,22-23H,3-4,6-9H2,(H2,17,19). The van der Waals surface area contributed by atoms with Gasteiger partial charge in [-0.15, -0.1) is 0 Å². The van der Waals surface area contributed by atoms with Crippen LogP contribution in [0.5, 0.6) is 0 Å². The number of nitrogens with two attached hydrogens (primary N) is 1. The lowest BCUT2D eigenvalue weighted by Crippen LogP contribution is -2.40. The van der Waals surface area contributed by atoms with Crippen molar-refractivity contribution in [2.24, 2.45) is 0 Å². The third-order valence-corrected chi connectivity index (χ3v) is 4.56. The first-order chi connectivity index (χ1) is 11.6. The maximum absolute atomic E-state index is 10.9. The van der Waals surface area contributed by atoms with Crippen LogP contribution in [0.4, 0.5) is 5.82 Å². The predicted molar refractivity (Wildman–Crippen MR) is 88.2 cm³/mol. The molecule has 1 saturated heterocycles. The van der Waals surface area contributed by atoms with E-state index in [4.69, 9.17) is 10.5 Å². The van der Waals surface area contributed by atoms with E-state index in [0.29, 0.717) is 60.5 Å². The lowest BCUT2D eigenvalue weighted by Gasteiger charge is -2.32. The Morgan fingerprint density at radius 3 is 2.79 bits per heavy atom. The quantitative estimate of drug-likeness (QED) is 0.643. The molecular formula is C16H19N5O3. The minimum Gasteiger partial charge on any atom is -0.388 e. The molecule has 0 atom stereocenters. The van der Waals surface area contributed by atoms with Crippen molar-refractivity contribution >= 4 is 27.9 Å². The molecule has 126 valence electrons. The number of aliphatic hydroxyl groups excluding tert-OH is 1. The lowest BCUT2D eigenvalue weighted by molar-refractivity contribution is -0.0728. The number of nitrogen functional groups attached to an aromatic ring is 1. The first-order valence-electron chi connectivity index (χ1n) is 7.92. The average Bonchev–Trinajstić information content (AvgIpc) is 2.94. The number of aromatic nitrogens is 4. The van der Waals surface area contributed by atoms with Gasteiger partial charge in [-0.3, -0.25) is 4.98 Å². The molecule has 4 heterocycles. The number of pyridine rings is 2. The highest BCUT2D eigenvalue weighted by molar-refractivity contribution is 6.04. The summed E-state index contributed by atoms with van der Waals surface area (Å²) in [5.74, 6) is 0.731. The number of nitrogens with zero attached hydrogens (tertiary/aromatic N) is 4. The maximum Gasteiger partial charge on any atom is 0.152 e. The average molecular weight is 329 g/mol. The molecule has 0 aliphatic carbocycles. The van der Waals surface area contributed by atoms with Gasteiger partial charge >= 0.3 is 0 Å². The van der Waals surface area contributed by atoms with Crippen molar-refractivity contribution < 1.29 is 14.9 Å². The molecular weight excluding hydrogens is 310 g/mol. The Balaban J connectivity index is 1.95. The Morgan fingerprint density at radius 1 is 1.25 bits per heavy atom. The van der Waals surface area contributed by atoms with Crippen LogP contribution in [-0.4, -0.2) is 48.5 Å². The Morgan fingerprint density at radius 2 is 2.04 bits per heavy atom. The fourth-order valence-electron chi connectivity index (χ4n) is 3.26. The Bertz CT molecular complexity index is 901. The highest BCUT2D eigenvalue weighted by Gasteiger charge is 2.32. The zero-order valence-electron chi connectivity index (χ0n) is 13.1. The second-order valence-corrected chi connectivity index (χ2v) is 6.17. The minimum absolute atomic E-state index is 0.255. The van der Waals surface area contributed by atoms with Crippen molar-refractivity contribution in [1.29, 1.82) is 0 Å². The number of aliphatic hydroxyl groups is 2. The normalized spacial score (nSPS) is 17.6. The summed E-state index contributed by atoms with van der Waals surface area (Å²) in [6.45, 7) is 1.08. The van der Waals surface area contributed by atoms with Gasteiger partial charge in [0.1, 0.15) is 29.0 Å². The SMILES string of the molecule is Nc1nc2cccnc2c2c1nc(CO)n2CC1(O)CCOCC1. The predicted octanol–water partition coefficient (Wildman–Crippen LogP) is 0.595. The molecule has 3 aromatic heterocycles. The molecule has 24 heavy (non-hydrogen) atoms. The molecule has 4 rings (SSSR count). The fourth-order valence-corrected chi connectivity index (χ4v) is 3.26. The van der Waals surface area contributed by atoms with Crippen molar-refractivity contribution in [2.75, 3.05) is 18.9 Å². The number of rotatable bonds is 3. The summed E-state index contributed by atoms with van der Waals surface area (Å²) in [6, 6.07) is 3.62. The molecule has 1 aliphatic heterocycles. The second kappa shape index (κ2) is 5.66. The van der Waals surface area contributed by atoms with E-state index in [1.807, 2.05) is 10.6 Å². The number of fused-ring (bicyclic) bond motifs is 3. The van der Waals surface area contributed by atoms with Crippen molar-refractivity contribution in [1.82, 2.24) is 19.5 Å². The molecule has 3 aromatic rings. The molecule has 0 amide bonds. The van der Waals surface area contributed by atoms with Crippen LogP contribution in [0.15, 0.2) is 18.3 Å². The maximum atomic E-state index is 10.9. The summed E-state index contributed by atoms with van der Waals surface area (Å²) in [7, 11) is 0. The molecule has 1 aliphatic rings. The van der Waals surface area contributed by atoms with Gasteiger partial charge in [0, 0.05) is 32.3 Å². The van der Waals surface area contributed by atoms with Gasteiger partial charge in [-0.25, -0.2) is 9.97 Å². The molecule has 8 heteroatoms. The third kappa shape index (κ3) is 2.39. The van der Waals surface area contributed by atoms with Gasteiger partial charge in [0.15, 0.2) is 5.82 Å². The van der Waals surface area contributed by atoms with Crippen molar-refractivity contribution in [2.45, 2.75) is 31.6 Å². The van der Waals surface area contributed by atoms with Gasteiger partial charge in [-0.1, -0.05) is 0 Å². The van der Waals surface area contributed by atoms with Gasteiger partial charge in [0.05, 0.1) is 17.7 Å².